The minimum Gasteiger partial charge on any atom is -0.344 e. The lowest BCUT2D eigenvalue weighted by atomic mass is 10.1. The lowest BCUT2D eigenvalue weighted by Crippen LogP contribution is -2.28. The number of imidazole rings is 1. The molecule has 2 rings (SSSR count). The maximum Gasteiger partial charge on any atom is 0.251 e. The zero-order valence-corrected chi connectivity index (χ0v) is 13.7. The molecule has 0 fully saturated rings. The van der Waals surface area contributed by atoms with Gasteiger partial charge in [-0.1, -0.05) is 19.1 Å². The summed E-state index contributed by atoms with van der Waals surface area (Å²) in [7, 11) is 4.05. The summed E-state index contributed by atoms with van der Waals surface area (Å²) in [6, 6.07) is 7.63. The maximum atomic E-state index is 12.4. The van der Waals surface area contributed by atoms with Gasteiger partial charge >= 0.3 is 0 Å². The number of carbonyl (C=O) groups excluding carboxylic acids is 1. The number of aryl methyl sites for hydroxylation is 1. The molecule has 0 aliphatic heterocycles. The van der Waals surface area contributed by atoms with Crippen LogP contribution in [-0.2, 0) is 6.54 Å². The summed E-state index contributed by atoms with van der Waals surface area (Å²) in [6.07, 6.45) is 2.57. The number of aromatic amines is 1. The Morgan fingerprint density at radius 1 is 1.32 bits per heavy atom. The number of benzene rings is 1. The average molecular weight is 300 g/mol. The van der Waals surface area contributed by atoms with Crippen molar-refractivity contribution in [3.05, 3.63) is 53.1 Å². The molecule has 0 radical (unpaired) electrons. The first-order valence-corrected chi connectivity index (χ1v) is 7.55. The Balaban J connectivity index is 2.04. The zero-order valence-electron chi connectivity index (χ0n) is 13.7. The van der Waals surface area contributed by atoms with Crippen LogP contribution in [0.1, 0.15) is 46.8 Å². The third-order valence-corrected chi connectivity index (χ3v) is 3.48. The van der Waals surface area contributed by atoms with Crippen LogP contribution in [0.3, 0.4) is 0 Å². The molecule has 5 heteroatoms. The normalized spacial score (nSPS) is 12.4. The van der Waals surface area contributed by atoms with Gasteiger partial charge in [0.2, 0.25) is 0 Å². The molecule has 1 atom stereocenters. The van der Waals surface area contributed by atoms with E-state index in [1.54, 1.807) is 6.20 Å². The van der Waals surface area contributed by atoms with Crippen LogP contribution in [0.15, 0.2) is 30.5 Å². The highest BCUT2D eigenvalue weighted by molar-refractivity contribution is 5.94. The van der Waals surface area contributed by atoms with Crippen molar-refractivity contribution in [1.82, 2.24) is 20.2 Å². The van der Waals surface area contributed by atoms with E-state index in [-0.39, 0.29) is 11.9 Å². The molecule has 0 bridgehead atoms. The predicted octanol–water partition coefficient (Wildman–Crippen LogP) is 2.66. The summed E-state index contributed by atoms with van der Waals surface area (Å²) in [6.45, 7) is 4.85. The molecule has 0 unspecified atom stereocenters. The fourth-order valence-corrected chi connectivity index (χ4v) is 2.34. The van der Waals surface area contributed by atoms with E-state index in [0.29, 0.717) is 5.56 Å². The van der Waals surface area contributed by atoms with Crippen molar-refractivity contribution < 1.29 is 4.79 Å². The molecule has 0 saturated heterocycles. The summed E-state index contributed by atoms with van der Waals surface area (Å²) < 4.78 is 0. The van der Waals surface area contributed by atoms with E-state index in [2.05, 4.69) is 20.2 Å². The number of carbonyl (C=O) groups is 1. The Kier molecular flexibility index (Phi) is 5.33. The first kappa shape index (κ1) is 16.2. The molecule has 1 aromatic heterocycles. The van der Waals surface area contributed by atoms with Gasteiger partial charge in [0.05, 0.1) is 6.04 Å². The fourth-order valence-electron chi connectivity index (χ4n) is 2.34. The molecule has 0 saturated carbocycles. The minimum absolute atomic E-state index is 0.0719. The molecule has 118 valence electrons. The number of rotatable bonds is 6. The van der Waals surface area contributed by atoms with Crippen molar-refractivity contribution in [2.75, 3.05) is 14.1 Å². The van der Waals surface area contributed by atoms with Crippen molar-refractivity contribution in [3.8, 4) is 0 Å². The second-order valence-electron chi connectivity index (χ2n) is 5.82. The minimum atomic E-state index is -0.0948. The first-order valence-electron chi connectivity index (χ1n) is 7.55. The Morgan fingerprint density at radius 2 is 2.00 bits per heavy atom. The Hall–Kier alpha value is -2.14. The summed E-state index contributed by atoms with van der Waals surface area (Å²) in [5, 5.41) is 3.03. The largest absolute Gasteiger partial charge is 0.344 e. The SMILES string of the molecule is CC[C@@H](NC(=O)c1ccc(CN(C)C)cc1)c1ncc(C)[nH]1. The Morgan fingerprint density at radius 3 is 2.50 bits per heavy atom. The number of H-pyrrole nitrogens is 1. The van der Waals surface area contributed by atoms with E-state index >= 15 is 0 Å². The first-order chi connectivity index (χ1) is 10.5. The lowest BCUT2D eigenvalue weighted by Gasteiger charge is -2.15. The van der Waals surface area contributed by atoms with Gasteiger partial charge in [0.25, 0.3) is 5.91 Å². The topological polar surface area (TPSA) is 61.0 Å². The van der Waals surface area contributed by atoms with E-state index < -0.39 is 0 Å². The molecule has 2 N–H and O–H groups in total. The van der Waals surface area contributed by atoms with Crippen molar-refractivity contribution in [2.45, 2.75) is 32.9 Å². The van der Waals surface area contributed by atoms with Crippen LogP contribution in [0, 0.1) is 6.92 Å². The average Bonchev–Trinajstić information content (AvgIpc) is 2.91. The van der Waals surface area contributed by atoms with Crippen LogP contribution >= 0.6 is 0 Å². The molecule has 1 aromatic carbocycles. The molecular weight excluding hydrogens is 276 g/mol. The third-order valence-electron chi connectivity index (χ3n) is 3.48. The van der Waals surface area contributed by atoms with Crippen molar-refractivity contribution in [2.24, 2.45) is 0 Å². The Bertz CT molecular complexity index is 616. The number of amides is 1. The van der Waals surface area contributed by atoms with Crippen molar-refractivity contribution in [1.29, 1.82) is 0 Å². The van der Waals surface area contributed by atoms with E-state index in [4.69, 9.17) is 0 Å². The monoisotopic (exact) mass is 300 g/mol. The summed E-state index contributed by atoms with van der Waals surface area (Å²) in [5.41, 5.74) is 2.86. The van der Waals surface area contributed by atoms with Crippen molar-refractivity contribution in [3.63, 3.8) is 0 Å². The van der Waals surface area contributed by atoms with Gasteiger partial charge < -0.3 is 15.2 Å². The molecule has 5 nitrogen and oxygen atoms in total. The summed E-state index contributed by atoms with van der Waals surface area (Å²) in [5.74, 6) is 0.731. The maximum absolute atomic E-state index is 12.4. The molecular formula is C17H24N4O. The molecule has 1 heterocycles. The van der Waals surface area contributed by atoms with Crippen LogP contribution in [-0.4, -0.2) is 34.9 Å². The molecule has 1 amide bonds. The molecule has 0 aliphatic carbocycles. The van der Waals surface area contributed by atoms with Gasteiger partial charge in [-0.15, -0.1) is 0 Å². The lowest BCUT2D eigenvalue weighted by molar-refractivity contribution is 0.0934. The van der Waals surface area contributed by atoms with Gasteiger partial charge in [-0.2, -0.15) is 0 Å². The highest BCUT2D eigenvalue weighted by Gasteiger charge is 2.16. The van der Waals surface area contributed by atoms with Gasteiger partial charge in [-0.05, 0) is 45.1 Å². The molecule has 2 aromatic rings. The van der Waals surface area contributed by atoms with Gasteiger partial charge in [0.15, 0.2) is 0 Å². The van der Waals surface area contributed by atoms with E-state index in [1.807, 2.05) is 52.2 Å². The standard InChI is InChI=1S/C17H24N4O/c1-5-15(16-18-10-12(2)19-16)20-17(22)14-8-6-13(7-9-14)11-21(3)4/h6-10,15H,5,11H2,1-4H3,(H,18,19)(H,20,22)/t15-/m1/s1. The zero-order chi connectivity index (χ0) is 16.1. The summed E-state index contributed by atoms with van der Waals surface area (Å²) in [4.78, 5) is 22.0. The molecule has 0 aliphatic rings. The van der Waals surface area contributed by atoms with E-state index in [0.717, 1.165) is 24.5 Å². The molecule has 0 spiro atoms. The number of aromatic nitrogens is 2. The fraction of sp³-hybridized carbons (Fsp3) is 0.412. The number of nitrogens with one attached hydrogen (secondary N) is 2. The molecule has 22 heavy (non-hydrogen) atoms. The predicted molar refractivity (Wildman–Crippen MR) is 87.7 cm³/mol. The third kappa shape index (κ3) is 4.18. The summed E-state index contributed by atoms with van der Waals surface area (Å²) >= 11 is 0. The van der Waals surface area contributed by atoms with Crippen LogP contribution in [0.2, 0.25) is 0 Å². The van der Waals surface area contributed by atoms with Gasteiger partial charge in [0, 0.05) is 24.0 Å². The van der Waals surface area contributed by atoms with Gasteiger partial charge in [-0.3, -0.25) is 4.79 Å². The smallest absolute Gasteiger partial charge is 0.251 e. The van der Waals surface area contributed by atoms with Crippen LogP contribution < -0.4 is 5.32 Å². The van der Waals surface area contributed by atoms with Gasteiger partial charge in [0.1, 0.15) is 5.82 Å². The van der Waals surface area contributed by atoms with Crippen molar-refractivity contribution >= 4 is 5.91 Å². The second kappa shape index (κ2) is 7.22. The quantitative estimate of drug-likeness (QED) is 0.862. The highest BCUT2D eigenvalue weighted by atomic mass is 16.1. The number of hydrogen-bond acceptors (Lipinski definition) is 3. The van der Waals surface area contributed by atoms with Crippen LogP contribution in [0.25, 0.3) is 0 Å². The van der Waals surface area contributed by atoms with E-state index in [9.17, 15) is 4.79 Å². The highest BCUT2D eigenvalue weighted by Crippen LogP contribution is 2.14. The number of nitrogens with zero attached hydrogens (tertiary/aromatic N) is 2. The van der Waals surface area contributed by atoms with Gasteiger partial charge in [-0.25, -0.2) is 4.98 Å². The van der Waals surface area contributed by atoms with E-state index in [1.165, 1.54) is 5.56 Å². The Labute approximate surface area is 131 Å². The number of hydrogen-bond donors (Lipinski definition) is 2. The second-order valence-corrected chi connectivity index (χ2v) is 5.82. The van der Waals surface area contributed by atoms with Crippen LogP contribution in [0.4, 0.5) is 0 Å². The van der Waals surface area contributed by atoms with Crippen LogP contribution in [0.5, 0.6) is 0 Å².